The molecule has 0 aliphatic rings. The van der Waals surface area contributed by atoms with E-state index >= 15 is 0 Å². The molecule has 1 atom stereocenters. The van der Waals surface area contributed by atoms with E-state index in [0.717, 1.165) is 22.8 Å². The standard InChI is InChI=1S/C13H18N2OS/c1-4-9(3)14-13-15-11-7-6-10(16-5-2)8-12(11)17-13/h6-9H,4-5H2,1-3H3,(H,14,15)/t9-/m0/s1. The fraction of sp³-hybridized carbons (Fsp3) is 0.462. The first-order valence-corrected chi connectivity index (χ1v) is 6.84. The zero-order chi connectivity index (χ0) is 12.3. The van der Waals surface area contributed by atoms with Gasteiger partial charge in [-0.25, -0.2) is 4.98 Å². The quantitative estimate of drug-likeness (QED) is 0.873. The summed E-state index contributed by atoms with van der Waals surface area (Å²) in [5.41, 5.74) is 1.03. The predicted molar refractivity (Wildman–Crippen MR) is 74.2 cm³/mol. The Labute approximate surface area is 106 Å². The highest BCUT2D eigenvalue weighted by atomic mass is 32.1. The molecule has 0 aliphatic heterocycles. The number of ether oxygens (including phenoxy) is 1. The van der Waals surface area contributed by atoms with Crippen molar-refractivity contribution in [3.63, 3.8) is 0 Å². The van der Waals surface area contributed by atoms with E-state index in [0.29, 0.717) is 12.6 Å². The van der Waals surface area contributed by atoms with Crippen molar-refractivity contribution in [3.8, 4) is 5.75 Å². The molecule has 0 spiro atoms. The van der Waals surface area contributed by atoms with Gasteiger partial charge >= 0.3 is 0 Å². The smallest absolute Gasteiger partial charge is 0.184 e. The first kappa shape index (κ1) is 12.2. The van der Waals surface area contributed by atoms with Gasteiger partial charge in [0.2, 0.25) is 0 Å². The molecule has 0 saturated carbocycles. The van der Waals surface area contributed by atoms with E-state index in [-0.39, 0.29) is 0 Å². The Kier molecular flexibility index (Phi) is 3.84. The van der Waals surface area contributed by atoms with E-state index < -0.39 is 0 Å². The molecule has 0 amide bonds. The summed E-state index contributed by atoms with van der Waals surface area (Å²) in [5, 5.41) is 4.39. The van der Waals surface area contributed by atoms with Gasteiger partial charge in [-0.15, -0.1) is 0 Å². The first-order valence-electron chi connectivity index (χ1n) is 6.02. The molecule has 0 fully saturated rings. The Morgan fingerprint density at radius 2 is 2.24 bits per heavy atom. The predicted octanol–water partition coefficient (Wildman–Crippen LogP) is 3.91. The fourth-order valence-electron chi connectivity index (χ4n) is 1.54. The normalized spacial score (nSPS) is 12.6. The molecule has 0 saturated heterocycles. The maximum Gasteiger partial charge on any atom is 0.184 e. The maximum atomic E-state index is 5.48. The van der Waals surface area contributed by atoms with Crippen molar-refractivity contribution in [2.24, 2.45) is 0 Å². The summed E-state index contributed by atoms with van der Waals surface area (Å²) in [6.45, 7) is 7.02. The fourth-order valence-corrected chi connectivity index (χ4v) is 2.54. The van der Waals surface area contributed by atoms with Gasteiger partial charge in [-0.3, -0.25) is 0 Å². The summed E-state index contributed by atoms with van der Waals surface area (Å²) >= 11 is 1.68. The molecule has 4 heteroatoms. The zero-order valence-electron chi connectivity index (χ0n) is 10.5. The topological polar surface area (TPSA) is 34.1 Å². The van der Waals surface area contributed by atoms with Gasteiger partial charge in [0.05, 0.1) is 16.8 Å². The van der Waals surface area contributed by atoms with E-state index in [1.54, 1.807) is 11.3 Å². The lowest BCUT2D eigenvalue weighted by Gasteiger charge is -2.08. The molecule has 0 unspecified atom stereocenters. The van der Waals surface area contributed by atoms with Gasteiger partial charge in [-0.2, -0.15) is 0 Å². The molecule has 1 aromatic heterocycles. The summed E-state index contributed by atoms with van der Waals surface area (Å²) in [7, 11) is 0. The number of nitrogens with one attached hydrogen (secondary N) is 1. The van der Waals surface area contributed by atoms with Crippen LogP contribution >= 0.6 is 11.3 Å². The van der Waals surface area contributed by atoms with Crippen molar-refractivity contribution in [1.82, 2.24) is 4.98 Å². The van der Waals surface area contributed by atoms with Crippen molar-refractivity contribution >= 4 is 26.7 Å². The molecule has 1 heterocycles. The lowest BCUT2D eigenvalue weighted by Crippen LogP contribution is -2.12. The third-order valence-electron chi connectivity index (χ3n) is 2.65. The van der Waals surface area contributed by atoms with Gasteiger partial charge < -0.3 is 10.1 Å². The molecule has 0 radical (unpaired) electrons. The number of benzene rings is 1. The van der Waals surface area contributed by atoms with Crippen LogP contribution in [0.5, 0.6) is 5.75 Å². The van der Waals surface area contributed by atoms with Gasteiger partial charge in [0.15, 0.2) is 5.13 Å². The number of fused-ring (bicyclic) bond motifs is 1. The van der Waals surface area contributed by atoms with Crippen LogP contribution in [0, 0.1) is 0 Å². The second kappa shape index (κ2) is 5.36. The highest BCUT2D eigenvalue weighted by Crippen LogP contribution is 2.29. The van der Waals surface area contributed by atoms with E-state index in [1.165, 1.54) is 4.70 Å². The van der Waals surface area contributed by atoms with E-state index in [9.17, 15) is 0 Å². The first-order chi connectivity index (χ1) is 8.22. The summed E-state index contributed by atoms with van der Waals surface area (Å²) in [6, 6.07) is 6.50. The Hall–Kier alpha value is -1.29. The highest BCUT2D eigenvalue weighted by Gasteiger charge is 2.06. The second-order valence-corrected chi connectivity index (χ2v) is 5.07. The molecule has 1 aromatic carbocycles. The SMILES string of the molecule is CCOc1ccc2nc(N[C@@H](C)CC)sc2c1. The van der Waals surface area contributed by atoms with Gasteiger partial charge in [0.25, 0.3) is 0 Å². The summed E-state index contributed by atoms with van der Waals surface area (Å²) < 4.78 is 6.65. The number of thiazole rings is 1. The minimum Gasteiger partial charge on any atom is -0.494 e. The van der Waals surface area contributed by atoms with Crippen LogP contribution in [0.2, 0.25) is 0 Å². The van der Waals surface area contributed by atoms with E-state index in [4.69, 9.17) is 4.74 Å². The molecule has 2 rings (SSSR count). The van der Waals surface area contributed by atoms with Crippen LogP contribution in [0.1, 0.15) is 27.2 Å². The highest BCUT2D eigenvalue weighted by molar-refractivity contribution is 7.22. The van der Waals surface area contributed by atoms with Crippen LogP contribution in [0.15, 0.2) is 18.2 Å². The number of rotatable bonds is 5. The number of nitrogens with zero attached hydrogens (tertiary/aromatic N) is 1. The van der Waals surface area contributed by atoms with E-state index in [1.807, 2.05) is 19.1 Å². The van der Waals surface area contributed by atoms with Crippen LogP contribution in [0.4, 0.5) is 5.13 Å². The molecule has 0 aliphatic carbocycles. The van der Waals surface area contributed by atoms with Crippen molar-refractivity contribution in [3.05, 3.63) is 18.2 Å². The van der Waals surface area contributed by atoms with Crippen molar-refractivity contribution < 1.29 is 4.74 Å². The maximum absolute atomic E-state index is 5.48. The molecule has 2 aromatic rings. The number of hydrogen-bond donors (Lipinski definition) is 1. The monoisotopic (exact) mass is 250 g/mol. The Morgan fingerprint density at radius 3 is 2.94 bits per heavy atom. The number of aromatic nitrogens is 1. The molecular formula is C13H18N2OS. The van der Waals surface area contributed by atoms with Crippen LogP contribution in [0.3, 0.4) is 0 Å². The average molecular weight is 250 g/mol. The number of hydrogen-bond acceptors (Lipinski definition) is 4. The minimum atomic E-state index is 0.460. The van der Waals surface area contributed by atoms with Gasteiger partial charge in [-0.1, -0.05) is 18.3 Å². The van der Waals surface area contributed by atoms with Gasteiger partial charge in [-0.05, 0) is 38.5 Å². The molecule has 92 valence electrons. The Morgan fingerprint density at radius 1 is 1.41 bits per heavy atom. The Bertz CT molecular complexity index is 495. The second-order valence-electron chi connectivity index (χ2n) is 4.04. The van der Waals surface area contributed by atoms with E-state index in [2.05, 4.69) is 30.2 Å². The third kappa shape index (κ3) is 2.88. The average Bonchev–Trinajstić information content (AvgIpc) is 2.70. The molecule has 3 nitrogen and oxygen atoms in total. The Balaban J connectivity index is 2.24. The summed E-state index contributed by atoms with van der Waals surface area (Å²) in [5.74, 6) is 0.915. The van der Waals surface area contributed by atoms with Crippen molar-refractivity contribution in [2.75, 3.05) is 11.9 Å². The molecule has 1 N–H and O–H groups in total. The van der Waals surface area contributed by atoms with Crippen molar-refractivity contribution in [2.45, 2.75) is 33.2 Å². The molecular weight excluding hydrogens is 232 g/mol. The minimum absolute atomic E-state index is 0.460. The number of anilines is 1. The largest absolute Gasteiger partial charge is 0.494 e. The lowest BCUT2D eigenvalue weighted by molar-refractivity contribution is 0.341. The summed E-state index contributed by atoms with van der Waals surface area (Å²) in [6.07, 6.45) is 1.10. The lowest BCUT2D eigenvalue weighted by atomic mass is 10.3. The van der Waals surface area contributed by atoms with Crippen LogP contribution in [0.25, 0.3) is 10.2 Å². The van der Waals surface area contributed by atoms with Crippen LogP contribution in [-0.2, 0) is 0 Å². The summed E-state index contributed by atoms with van der Waals surface area (Å²) in [4.78, 5) is 4.55. The molecule has 17 heavy (non-hydrogen) atoms. The van der Waals surface area contributed by atoms with Crippen LogP contribution < -0.4 is 10.1 Å². The third-order valence-corrected chi connectivity index (χ3v) is 3.60. The van der Waals surface area contributed by atoms with Gasteiger partial charge in [0.1, 0.15) is 5.75 Å². The molecule has 0 bridgehead atoms. The van der Waals surface area contributed by atoms with Gasteiger partial charge in [0, 0.05) is 6.04 Å². The van der Waals surface area contributed by atoms with Crippen molar-refractivity contribution in [1.29, 1.82) is 0 Å². The zero-order valence-corrected chi connectivity index (χ0v) is 11.3. The van der Waals surface area contributed by atoms with Crippen LogP contribution in [-0.4, -0.2) is 17.6 Å².